The second kappa shape index (κ2) is 5.96. The predicted octanol–water partition coefficient (Wildman–Crippen LogP) is -0.0638. The number of hydrogen-bond acceptors (Lipinski definition) is 3. The molecule has 2 fully saturated rings. The Kier molecular flexibility index (Phi) is 4.58. The largest absolute Gasteiger partial charge is 0.306 e. The Balaban J connectivity index is 1.75. The summed E-state index contributed by atoms with van der Waals surface area (Å²) in [5, 5.41) is 8.43. The van der Waals surface area contributed by atoms with Gasteiger partial charge in [-0.05, 0) is 53.0 Å². The van der Waals surface area contributed by atoms with Gasteiger partial charge in [0.1, 0.15) is 0 Å². The van der Waals surface area contributed by atoms with Crippen LogP contribution in [0.4, 0.5) is 0 Å². The number of hydrogen-bond donors (Lipinski definition) is 1. The second-order valence-electron chi connectivity index (χ2n) is 5.28. The van der Waals surface area contributed by atoms with E-state index in [1.807, 2.05) is 0 Å². The van der Waals surface area contributed by atoms with Crippen LogP contribution in [0.1, 0.15) is 19.3 Å². The third kappa shape index (κ3) is 3.70. The molecule has 0 aromatic heterocycles. The van der Waals surface area contributed by atoms with Crippen molar-refractivity contribution in [3.05, 3.63) is 0 Å². The summed E-state index contributed by atoms with van der Waals surface area (Å²) < 4.78 is 0. The maximum Gasteiger partial charge on any atom is 0.0866 e. The lowest BCUT2D eigenvalue weighted by Gasteiger charge is -2.32. The molecule has 1 atom stereocenters. The van der Waals surface area contributed by atoms with E-state index in [9.17, 15) is 0 Å². The van der Waals surface area contributed by atoms with Crippen molar-refractivity contribution in [3.8, 4) is 0 Å². The Hall–Kier alpha value is -0.160. The van der Waals surface area contributed by atoms with Crippen LogP contribution in [-0.4, -0.2) is 68.8 Å². The molecular formula is C12H25N4. The molecule has 4 nitrogen and oxygen atoms in total. The lowest BCUT2D eigenvalue weighted by atomic mass is 10.1. The van der Waals surface area contributed by atoms with Crippen molar-refractivity contribution in [3.63, 3.8) is 0 Å². The highest BCUT2D eigenvalue weighted by atomic mass is 15.2. The molecule has 0 bridgehead atoms. The maximum absolute atomic E-state index is 4.72. The first-order chi connectivity index (χ1) is 7.74. The number of piperidine rings is 1. The lowest BCUT2D eigenvalue weighted by Crippen LogP contribution is -2.51. The van der Waals surface area contributed by atoms with Crippen molar-refractivity contribution in [2.45, 2.75) is 31.5 Å². The Morgan fingerprint density at radius 1 is 1.06 bits per heavy atom. The van der Waals surface area contributed by atoms with E-state index in [4.69, 9.17) is 5.32 Å². The van der Waals surface area contributed by atoms with Gasteiger partial charge < -0.3 is 9.80 Å². The minimum absolute atomic E-state index is 0.362. The highest BCUT2D eigenvalue weighted by Gasteiger charge is 2.22. The fourth-order valence-corrected chi connectivity index (χ4v) is 2.58. The molecule has 1 radical (unpaired) electrons. The molecule has 2 aliphatic rings. The molecule has 2 saturated heterocycles. The Labute approximate surface area is 99.4 Å². The van der Waals surface area contributed by atoms with Crippen LogP contribution in [-0.2, 0) is 0 Å². The summed E-state index contributed by atoms with van der Waals surface area (Å²) in [4.78, 5) is 4.80. The summed E-state index contributed by atoms with van der Waals surface area (Å²) in [5.41, 5.74) is 0. The summed E-state index contributed by atoms with van der Waals surface area (Å²) >= 11 is 0. The van der Waals surface area contributed by atoms with Crippen LogP contribution in [0.25, 0.3) is 0 Å². The van der Waals surface area contributed by atoms with Gasteiger partial charge in [0.2, 0.25) is 0 Å². The van der Waals surface area contributed by atoms with Gasteiger partial charge in [-0.3, -0.25) is 5.32 Å². The van der Waals surface area contributed by atoms with Crippen LogP contribution in [0.5, 0.6) is 0 Å². The second-order valence-corrected chi connectivity index (χ2v) is 5.28. The van der Waals surface area contributed by atoms with Crippen LogP contribution in [0.3, 0.4) is 0 Å². The molecule has 0 aromatic rings. The normalized spacial score (nSPS) is 31.5. The quantitative estimate of drug-likeness (QED) is 0.714. The van der Waals surface area contributed by atoms with E-state index in [-0.39, 0.29) is 0 Å². The molecule has 1 unspecified atom stereocenters. The first-order valence-electron chi connectivity index (χ1n) is 6.54. The van der Waals surface area contributed by atoms with Gasteiger partial charge in [0.15, 0.2) is 0 Å². The van der Waals surface area contributed by atoms with Crippen molar-refractivity contribution >= 4 is 0 Å². The smallest absolute Gasteiger partial charge is 0.0866 e. The third-order valence-electron chi connectivity index (χ3n) is 3.68. The number of nitrogens with zero attached hydrogens (tertiary/aromatic N) is 3. The molecule has 93 valence electrons. The van der Waals surface area contributed by atoms with E-state index in [0.29, 0.717) is 12.2 Å². The van der Waals surface area contributed by atoms with E-state index in [1.54, 1.807) is 0 Å². The van der Waals surface area contributed by atoms with Gasteiger partial charge >= 0.3 is 0 Å². The van der Waals surface area contributed by atoms with Crippen molar-refractivity contribution < 1.29 is 0 Å². The molecule has 0 saturated carbocycles. The maximum atomic E-state index is 4.72. The molecule has 0 amide bonds. The molecule has 1 N–H and O–H groups in total. The molecule has 0 spiro atoms. The minimum atomic E-state index is 0.362. The third-order valence-corrected chi connectivity index (χ3v) is 3.68. The average Bonchev–Trinajstić information content (AvgIpc) is 2.46. The standard InChI is InChI=1S/C12H25N4/c1-15-8-4-11(5-9-15)14-12-10-16(2)7-3-6-13-12/h11-12,14H,3-10H2,1-2H3. The SMILES string of the molecule is CN1CCC(NC2CN(C)CCC[N]2)CC1. The van der Waals surface area contributed by atoms with Gasteiger partial charge in [-0.1, -0.05) is 0 Å². The summed E-state index contributed by atoms with van der Waals surface area (Å²) in [6.07, 6.45) is 4.11. The zero-order chi connectivity index (χ0) is 11.4. The Bertz CT molecular complexity index is 201. The van der Waals surface area contributed by atoms with Gasteiger partial charge in [-0.2, -0.15) is 0 Å². The van der Waals surface area contributed by atoms with E-state index < -0.39 is 0 Å². The van der Waals surface area contributed by atoms with Crippen molar-refractivity contribution in [1.82, 2.24) is 20.4 Å². The average molecular weight is 225 g/mol. The van der Waals surface area contributed by atoms with Crippen molar-refractivity contribution in [1.29, 1.82) is 0 Å². The minimum Gasteiger partial charge on any atom is -0.306 e. The first-order valence-corrected chi connectivity index (χ1v) is 6.54. The molecule has 0 aliphatic carbocycles. The number of rotatable bonds is 2. The summed E-state index contributed by atoms with van der Waals surface area (Å²) in [7, 11) is 4.41. The van der Waals surface area contributed by atoms with Crippen LogP contribution >= 0.6 is 0 Å². The Morgan fingerprint density at radius 3 is 2.56 bits per heavy atom. The molecule has 4 heteroatoms. The molecule has 0 aromatic carbocycles. The number of likely N-dealkylation sites (N-methyl/N-ethyl adjacent to an activating group) is 1. The van der Waals surface area contributed by atoms with Gasteiger partial charge in [0.25, 0.3) is 0 Å². The lowest BCUT2D eigenvalue weighted by molar-refractivity contribution is 0.204. The fraction of sp³-hybridized carbons (Fsp3) is 1.00. The van der Waals surface area contributed by atoms with E-state index in [2.05, 4.69) is 29.2 Å². The van der Waals surface area contributed by atoms with Gasteiger partial charge in [0.05, 0.1) is 6.17 Å². The summed E-state index contributed by atoms with van der Waals surface area (Å²) in [5.74, 6) is 0. The van der Waals surface area contributed by atoms with Gasteiger partial charge in [0, 0.05) is 19.1 Å². The van der Waals surface area contributed by atoms with Crippen molar-refractivity contribution in [2.75, 3.05) is 46.8 Å². The highest BCUT2D eigenvalue weighted by Crippen LogP contribution is 2.09. The van der Waals surface area contributed by atoms with Crippen molar-refractivity contribution in [2.24, 2.45) is 0 Å². The molecule has 2 rings (SSSR count). The van der Waals surface area contributed by atoms with Crippen LogP contribution in [0.15, 0.2) is 0 Å². The fourth-order valence-electron chi connectivity index (χ4n) is 2.58. The molecular weight excluding hydrogens is 200 g/mol. The van der Waals surface area contributed by atoms with Crippen LogP contribution < -0.4 is 10.6 Å². The number of likely N-dealkylation sites (tertiary alicyclic amines) is 1. The Morgan fingerprint density at radius 2 is 1.81 bits per heavy atom. The molecule has 16 heavy (non-hydrogen) atoms. The summed E-state index contributed by atoms with van der Waals surface area (Å²) in [6.45, 7) is 5.73. The van der Waals surface area contributed by atoms with Crippen LogP contribution in [0.2, 0.25) is 0 Å². The first kappa shape index (κ1) is 12.3. The van der Waals surface area contributed by atoms with E-state index >= 15 is 0 Å². The van der Waals surface area contributed by atoms with Gasteiger partial charge in [-0.25, -0.2) is 5.32 Å². The predicted molar refractivity (Wildman–Crippen MR) is 66.6 cm³/mol. The zero-order valence-corrected chi connectivity index (χ0v) is 10.7. The highest BCUT2D eigenvalue weighted by molar-refractivity contribution is 4.81. The number of nitrogens with one attached hydrogen (secondary N) is 1. The van der Waals surface area contributed by atoms with Crippen LogP contribution in [0, 0.1) is 0 Å². The monoisotopic (exact) mass is 225 g/mol. The van der Waals surface area contributed by atoms with E-state index in [0.717, 1.165) is 13.1 Å². The summed E-state index contributed by atoms with van der Waals surface area (Å²) in [6, 6.07) is 0.677. The molecule has 2 heterocycles. The van der Waals surface area contributed by atoms with E-state index in [1.165, 1.54) is 38.9 Å². The topological polar surface area (TPSA) is 32.6 Å². The van der Waals surface area contributed by atoms with Gasteiger partial charge in [-0.15, -0.1) is 0 Å². The molecule has 2 aliphatic heterocycles. The zero-order valence-electron chi connectivity index (χ0n) is 10.7.